The Kier molecular flexibility index (Phi) is 4.68. The van der Waals surface area contributed by atoms with Crippen molar-refractivity contribution < 1.29 is 4.79 Å². The van der Waals surface area contributed by atoms with Gasteiger partial charge in [-0.25, -0.2) is 0 Å². The lowest BCUT2D eigenvalue weighted by Gasteiger charge is -2.14. The first-order valence-corrected chi connectivity index (χ1v) is 6.90. The van der Waals surface area contributed by atoms with E-state index in [9.17, 15) is 4.79 Å². The third kappa shape index (κ3) is 4.17. The Morgan fingerprint density at radius 1 is 1.32 bits per heavy atom. The maximum atomic E-state index is 12.0. The molecule has 0 aliphatic rings. The third-order valence-corrected chi connectivity index (χ3v) is 3.16. The summed E-state index contributed by atoms with van der Waals surface area (Å²) in [4.78, 5) is 16.0. The van der Waals surface area contributed by atoms with Gasteiger partial charge >= 0.3 is 0 Å². The van der Waals surface area contributed by atoms with Crippen LogP contribution >= 0.6 is 15.9 Å². The highest BCUT2D eigenvalue weighted by atomic mass is 79.9. The average Bonchev–Trinajstić information content (AvgIpc) is 2.39. The molecule has 2 rings (SSSR count). The Labute approximate surface area is 121 Å². The van der Waals surface area contributed by atoms with E-state index in [2.05, 4.69) is 38.4 Å². The number of nitrogens with one attached hydrogen (secondary N) is 1. The number of carbonyl (C=O) groups is 1. The van der Waals surface area contributed by atoms with Crippen molar-refractivity contribution in [2.45, 2.75) is 19.4 Å². The number of nitrogens with zero attached hydrogens (tertiary/aromatic N) is 1. The maximum Gasteiger partial charge on any atom is 0.253 e. The summed E-state index contributed by atoms with van der Waals surface area (Å²) in [7, 11) is 0. The van der Waals surface area contributed by atoms with Crippen LogP contribution in [0.4, 0.5) is 0 Å². The number of aromatic nitrogens is 1. The normalized spacial score (nSPS) is 11.9. The lowest BCUT2D eigenvalue weighted by molar-refractivity contribution is 0.0939. The number of hydrogen-bond acceptors (Lipinski definition) is 2. The SMILES string of the molecule is CC(Cc1ccccc1)NC(=O)c1cncc(Br)c1. The van der Waals surface area contributed by atoms with Crippen molar-refractivity contribution in [1.29, 1.82) is 0 Å². The van der Waals surface area contributed by atoms with Gasteiger partial charge in [-0.15, -0.1) is 0 Å². The molecule has 98 valence electrons. The van der Waals surface area contributed by atoms with Crippen molar-refractivity contribution in [3.8, 4) is 0 Å². The van der Waals surface area contributed by atoms with Crippen LogP contribution in [0.1, 0.15) is 22.8 Å². The molecule has 1 N–H and O–H groups in total. The molecule has 0 fully saturated rings. The standard InChI is InChI=1S/C15H15BrN2O/c1-11(7-12-5-3-2-4-6-12)18-15(19)13-8-14(16)10-17-9-13/h2-6,8-11H,7H2,1H3,(H,18,19). The highest BCUT2D eigenvalue weighted by Crippen LogP contribution is 2.10. The van der Waals surface area contributed by atoms with Gasteiger partial charge in [0, 0.05) is 22.9 Å². The highest BCUT2D eigenvalue weighted by Gasteiger charge is 2.10. The molecular formula is C15H15BrN2O. The van der Waals surface area contributed by atoms with Crippen molar-refractivity contribution in [2.24, 2.45) is 0 Å². The molecule has 1 unspecified atom stereocenters. The molecule has 3 nitrogen and oxygen atoms in total. The molecule has 4 heteroatoms. The van der Waals surface area contributed by atoms with E-state index in [-0.39, 0.29) is 11.9 Å². The van der Waals surface area contributed by atoms with Crippen molar-refractivity contribution >= 4 is 21.8 Å². The first kappa shape index (κ1) is 13.7. The number of amides is 1. The molecule has 0 spiro atoms. The zero-order valence-electron chi connectivity index (χ0n) is 10.6. The number of benzene rings is 1. The lowest BCUT2D eigenvalue weighted by atomic mass is 10.1. The van der Waals surface area contributed by atoms with Crippen LogP contribution in [0.25, 0.3) is 0 Å². The van der Waals surface area contributed by atoms with Gasteiger partial charge in [-0.05, 0) is 40.9 Å². The fraction of sp³-hybridized carbons (Fsp3) is 0.200. The molecule has 0 saturated carbocycles. The van der Waals surface area contributed by atoms with E-state index in [4.69, 9.17) is 0 Å². The quantitative estimate of drug-likeness (QED) is 0.940. The van der Waals surface area contributed by atoms with E-state index in [1.807, 2.05) is 25.1 Å². The Morgan fingerprint density at radius 3 is 2.74 bits per heavy atom. The second-order valence-electron chi connectivity index (χ2n) is 4.46. The Morgan fingerprint density at radius 2 is 2.05 bits per heavy atom. The average molecular weight is 319 g/mol. The Hall–Kier alpha value is -1.68. The minimum absolute atomic E-state index is 0.0777. The van der Waals surface area contributed by atoms with Crippen LogP contribution in [0, 0.1) is 0 Å². The smallest absolute Gasteiger partial charge is 0.253 e. The number of pyridine rings is 1. The largest absolute Gasteiger partial charge is 0.349 e. The molecule has 1 aromatic heterocycles. The lowest BCUT2D eigenvalue weighted by Crippen LogP contribution is -2.34. The van der Waals surface area contributed by atoms with Gasteiger partial charge in [0.25, 0.3) is 5.91 Å². The van der Waals surface area contributed by atoms with Gasteiger partial charge in [0.15, 0.2) is 0 Å². The van der Waals surface area contributed by atoms with E-state index in [1.165, 1.54) is 5.56 Å². The molecule has 0 bridgehead atoms. The van der Waals surface area contributed by atoms with Crippen LogP contribution in [-0.4, -0.2) is 16.9 Å². The molecule has 1 atom stereocenters. The first-order valence-electron chi connectivity index (χ1n) is 6.10. The minimum atomic E-state index is -0.0998. The summed E-state index contributed by atoms with van der Waals surface area (Å²) >= 11 is 3.31. The van der Waals surface area contributed by atoms with E-state index in [0.29, 0.717) is 5.56 Å². The fourth-order valence-electron chi connectivity index (χ4n) is 1.86. The van der Waals surface area contributed by atoms with Crippen molar-refractivity contribution in [3.63, 3.8) is 0 Å². The summed E-state index contributed by atoms with van der Waals surface area (Å²) in [6, 6.07) is 11.9. The number of hydrogen-bond donors (Lipinski definition) is 1. The second-order valence-corrected chi connectivity index (χ2v) is 5.37. The van der Waals surface area contributed by atoms with Gasteiger partial charge in [-0.3, -0.25) is 9.78 Å². The molecule has 1 heterocycles. The fourth-order valence-corrected chi connectivity index (χ4v) is 2.23. The van der Waals surface area contributed by atoms with Crippen LogP contribution in [0.5, 0.6) is 0 Å². The van der Waals surface area contributed by atoms with Gasteiger partial charge in [-0.2, -0.15) is 0 Å². The Bertz CT molecular complexity index is 557. The van der Waals surface area contributed by atoms with Crippen LogP contribution in [0.3, 0.4) is 0 Å². The van der Waals surface area contributed by atoms with Crippen LogP contribution in [0.15, 0.2) is 53.3 Å². The Balaban J connectivity index is 1.95. The molecule has 2 aromatic rings. The molecule has 0 aliphatic carbocycles. The topological polar surface area (TPSA) is 42.0 Å². The highest BCUT2D eigenvalue weighted by molar-refractivity contribution is 9.10. The molecular weight excluding hydrogens is 304 g/mol. The third-order valence-electron chi connectivity index (χ3n) is 2.73. The van der Waals surface area contributed by atoms with E-state index in [0.717, 1.165) is 10.9 Å². The van der Waals surface area contributed by atoms with Crippen LogP contribution in [-0.2, 0) is 6.42 Å². The van der Waals surface area contributed by atoms with Crippen molar-refractivity contribution in [2.75, 3.05) is 0 Å². The van der Waals surface area contributed by atoms with Crippen molar-refractivity contribution in [1.82, 2.24) is 10.3 Å². The summed E-state index contributed by atoms with van der Waals surface area (Å²) in [5.41, 5.74) is 1.77. The zero-order chi connectivity index (χ0) is 13.7. The molecule has 1 aromatic carbocycles. The maximum absolute atomic E-state index is 12.0. The van der Waals surface area contributed by atoms with Gasteiger partial charge in [0.05, 0.1) is 5.56 Å². The van der Waals surface area contributed by atoms with Gasteiger partial charge in [-0.1, -0.05) is 30.3 Å². The summed E-state index contributed by atoms with van der Waals surface area (Å²) in [5, 5.41) is 2.97. The number of halogens is 1. The zero-order valence-corrected chi connectivity index (χ0v) is 12.2. The molecule has 1 amide bonds. The van der Waals surface area contributed by atoms with Gasteiger partial charge in [0.2, 0.25) is 0 Å². The van der Waals surface area contributed by atoms with E-state index >= 15 is 0 Å². The summed E-state index contributed by atoms with van der Waals surface area (Å²) in [6.45, 7) is 2.00. The number of carbonyl (C=O) groups excluding carboxylic acids is 1. The second kappa shape index (κ2) is 6.48. The summed E-state index contributed by atoms with van der Waals surface area (Å²) in [6.07, 6.45) is 4.04. The van der Waals surface area contributed by atoms with Crippen molar-refractivity contribution in [3.05, 3.63) is 64.4 Å². The first-order chi connectivity index (χ1) is 9.15. The summed E-state index contributed by atoms with van der Waals surface area (Å²) < 4.78 is 0.802. The molecule has 0 saturated heterocycles. The minimum Gasteiger partial charge on any atom is -0.349 e. The van der Waals surface area contributed by atoms with E-state index < -0.39 is 0 Å². The van der Waals surface area contributed by atoms with Gasteiger partial charge in [0.1, 0.15) is 0 Å². The van der Waals surface area contributed by atoms with Crippen LogP contribution in [0.2, 0.25) is 0 Å². The van der Waals surface area contributed by atoms with E-state index in [1.54, 1.807) is 18.5 Å². The van der Waals surface area contributed by atoms with Crippen LogP contribution < -0.4 is 5.32 Å². The van der Waals surface area contributed by atoms with Gasteiger partial charge < -0.3 is 5.32 Å². The molecule has 0 radical (unpaired) electrons. The monoisotopic (exact) mass is 318 g/mol. The number of rotatable bonds is 4. The molecule has 19 heavy (non-hydrogen) atoms. The predicted molar refractivity (Wildman–Crippen MR) is 79.0 cm³/mol. The summed E-state index contributed by atoms with van der Waals surface area (Å²) in [5.74, 6) is -0.0998. The molecule has 0 aliphatic heterocycles. The predicted octanol–water partition coefficient (Wildman–Crippen LogP) is 3.21.